The maximum atomic E-state index is 13.3. The first kappa shape index (κ1) is 22.2. The van der Waals surface area contributed by atoms with E-state index in [2.05, 4.69) is 20.2 Å². The summed E-state index contributed by atoms with van der Waals surface area (Å²) in [6.45, 7) is 5.76. The second-order valence-corrected chi connectivity index (χ2v) is 6.77. The Bertz CT molecular complexity index is 1020. The molecule has 0 N–H and O–H groups in total. The van der Waals surface area contributed by atoms with Gasteiger partial charge in [-0.05, 0) is 39.0 Å². The summed E-state index contributed by atoms with van der Waals surface area (Å²) in [6, 6.07) is 5.13. The Morgan fingerprint density at radius 3 is 2.48 bits per heavy atom. The highest BCUT2D eigenvalue weighted by molar-refractivity contribution is 5.96. The monoisotopic (exact) mass is 434 g/mol. The number of rotatable bonds is 7. The molecule has 1 amide bonds. The lowest BCUT2D eigenvalue weighted by molar-refractivity contribution is -0.137. The van der Waals surface area contributed by atoms with Crippen LogP contribution in [0, 0.1) is 6.92 Å². The Kier molecular flexibility index (Phi) is 6.52. The van der Waals surface area contributed by atoms with Crippen LogP contribution in [0.15, 0.2) is 42.9 Å². The molecule has 3 aromatic heterocycles. The molecule has 0 aliphatic heterocycles. The van der Waals surface area contributed by atoms with Crippen LogP contribution in [0.5, 0.6) is 5.88 Å². The molecule has 1 atom stereocenters. The molecule has 0 saturated carbocycles. The fourth-order valence-electron chi connectivity index (χ4n) is 2.93. The lowest BCUT2D eigenvalue weighted by Crippen LogP contribution is -2.42. The predicted molar refractivity (Wildman–Crippen MR) is 105 cm³/mol. The van der Waals surface area contributed by atoms with Gasteiger partial charge in [0.2, 0.25) is 5.88 Å². The molecule has 0 radical (unpaired) electrons. The number of carbonyl (C=O) groups is 1. The zero-order valence-corrected chi connectivity index (χ0v) is 17.2. The molecular weight excluding hydrogens is 413 g/mol. The molecular formula is C20H21F3N6O2. The van der Waals surface area contributed by atoms with Crippen LogP contribution in [0.4, 0.5) is 13.2 Å². The van der Waals surface area contributed by atoms with Crippen molar-refractivity contribution >= 4 is 5.91 Å². The number of likely N-dealkylation sites (N-methyl/N-ethyl adjacent to an activating group) is 1. The molecule has 164 valence electrons. The third kappa shape index (κ3) is 5.16. The predicted octanol–water partition coefficient (Wildman–Crippen LogP) is 3.31. The van der Waals surface area contributed by atoms with Crippen LogP contribution in [0.25, 0.3) is 5.69 Å². The number of ether oxygens (including phenoxy) is 1. The van der Waals surface area contributed by atoms with Crippen molar-refractivity contribution in [2.75, 3.05) is 13.2 Å². The number of carbonyl (C=O) groups excluding carboxylic acids is 1. The van der Waals surface area contributed by atoms with Gasteiger partial charge in [0.25, 0.3) is 5.91 Å². The van der Waals surface area contributed by atoms with Gasteiger partial charge in [0.1, 0.15) is 12.3 Å². The largest absolute Gasteiger partial charge is 0.475 e. The first-order valence-electron chi connectivity index (χ1n) is 9.52. The fraction of sp³-hybridized carbons (Fsp3) is 0.350. The molecule has 0 bridgehead atoms. The molecule has 0 spiro atoms. The standard InChI is InChI=1S/C20H21F3N6O2/c1-4-28(14(3)12-31-17-8-6-15(11-24-17)20(21,22)23)19(30)18-16(7-5-13(2)27-18)29-25-9-10-26-29/h5-11,14H,4,12H2,1-3H3. The van der Waals surface area contributed by atoms with Crippen LogP contribution >= 0.6 is 0 Å². The quantitative estimate of drug-likeness (QED) is 0.567. The van der Waals surface area contributed by atoms with E-state index in [9.17, 15) is 18.0 Å². The van der Waals surface area contributed by atoms with Gasteiger partial charge in [-0.1, -0.05) is 0 Å². The maximum Gasteiger partial charge on any atom is 0.417 e. The molecule has 0 aliphatic carbocycles. The third-order valence-corrected chi connectivity index (χ3v) is 4.52. The molecule has 1 unspecified atom stereocenters. The second-order valence-electron chi connectivity index (χ2n) is 6.77. The van der Waals surface area contributed by atoms with Crippen molar-refractivity contribution in [2.24, 2.45) is 0 Å². The summed E-state index contributed by atoms with van der Waals surface area (Å²) in [5.41, 5.74) is 0.436. The van der Waals surface area contributed by atoms with Crippen molar-refractivity contribution < 1.29 is 22.7 Å². The number of aromatic nitrogens is 5. The van der Waals surface area contributed by atoms with E-state index in [0.29, 0.717) is 24.1 Å². The maximum absolute atomic E-state index is 13.3. The van der Waals surface area contributed by atoms with Gasteiger partial charge in [-0.3, -0.25) is 4.79 Å². The van der Waals surface area contributed by atoms with Crippen molar-refractivity contribution in [1.29, 1.82) is 0 Å². The Balaban J connectivity index is 1.74. The summed E-state index contributed by atoms with van der Waals surface area (Å²) in [5.74, 6) is -0.298. The zero-order valence-electron chi connectivity index (χ0n) is 17.2. The number of hydrogen-bond donors (Lipinski definition) is 0. The van der Waals surface area contributed by atoms with Gasteiger partial charge in [0.15, 0.2) is 5.69 Å². The number of pyridine rings is 2. The van der Waals surface area contributed by atoms with Crippen molar-refractivity contribution in [3.05, 3.63) is 59.8 Å². The number of nitrogens with zero attached hydrogens (tertiary/aromatic N) is 6. The van der Waals surface area contributed by atoms with Crippen molar-refractivity contribution in [3.63, 3.8) is 0 Å². The molecule has 3 rings (SSSR count). The summed E-state index contributed by atoms with van der Waals surface area (Å²) in [5, 5.41) is 8.14. The second kappa shape index (κ2) is 9.11. The van der Waals surface area contributed by atoms with E-state index in [0.717, 1.165) is 12.1 Å². The van der Waals surface area contributed by atoms with Crippen LogP contribution < -0.4 is 4.74 Å². The van der Waals surface area contributed by atoms with E-state index in [1.807, 2.05) is 6.92 Å². The van der Waals surface area contributed by atoms with Crippen molar-refractivity contribution in [3.8, 4) is 11.6 Å². The van der Waals surface area contributed by atoms with Gasteiger partial charge in [0, 0.05) is 24.5 Å². The Labute approximate surface area is 176 Å². The molecule has 3 aromatic rings. The van der Waals surface area contributed by atoms with E-state index < -0.39 is 17.8 Å². The highest BCUT2D eigenvalue weighted by Crippen LogP contribution is 2.29. The smallest absolute Gasteiger partial charge is 0.417 e. The average Bonchev–Trinajstić information content (AvgIpc) is 3.27. The molecule has 0 fully saturated rings. The molecule has 0 saturated heterocycles. The van der Waals surface area contributed by atoms with E-state index >= 15 is 0 Å². The van der Waals surface area contributed by atoms with Crippen molar-refractivity contribution in [2.45, 2.75) is 33.0 Å². The number of halogens is 3. The molecule has 0 aliphatic rings. The Morgan fingerprint density at radius 2 is 1.90 bits per heavy atom. The number of aryl methyl sites for hydroxylation is 1. The van der Waals surface area contributed by atoms with E-state index in [4.69, 9.17) is 4.74 Å². The van der Waals surface area contributed by atoms with Crippen molar-refractivity contribution in [1.82, 2.24) is 29.9 Å². The highest BCUT2D eigenvalue weighted by Gasteiger charge is 2.31. The minimum atomic E-state index is -4.47. The average molecular weight is 434 g/mol. The van der Waals surface area contributed by atoms with E-state index in [-0.39, 0.29) is 24.1 Å². The SMILES string of the molecule is CCN(C(=O)c1nc(C)ccc1-n1nccn1)C(C)COc1ccc(C(F)(F)F)cn1. The highest BCUT2D eigenvalue weighted by atomic mass is 19.4. The lowest BCUT2D eigenvalue weighted by Gasteiger charge is -2.28. The number of alkyl halides is 3. The number of amides is 1. The van der Waals surface area contributed by atoms with E-state index in [1.54, 1.807) is 30.9 Å². The topological polar surface area (TPSA) is 86.0 Å². The zero-order chi connectivity index (χ0) is 22.6. The molecule has 11 heteroatoms. The molecule has 8 nitrogen and oxygen atoms in total. The van der Waals surface area contributed by atoms with Gasteiger partial charge in [0.05, 0.1) is 24.0 Å². The van der Waals surface area contributed by atoms with Crippen LogP contribution in [0.1, 0.15) is 35.6 Å². The van der Waals surface area contributed by atoms with Gasteiger partial charge >= 0.3 is 6.18 Å². The molecule has 31 heavy (non-hydrogen) atoms. The van der Waals surface area contributed by atoms with Crippen LogP contribution in [0.3, 0.4) is 0 Å². The van der Waals surface area contributed by atoms with Crippen LogP contribution in [-0.2, 0) is 6.18 Å². The summed E-state index contributed by atoms with van der Waals surface area (Å²) in [6.07, 6.45) is -0.757. The van der Waals surface area contributed by atoms with Crippen LogP contribution in [-0.4, -0.2) is 55.0 Å². The minimum Gasteiger partial charge on any atom is -0.475 e. The normalized spacial score (nSPS) is 12.5. The van der Waals surface area contributed by atoms with Gasteiger partial charge in [-0.25, -0.2) is 9.97 Å². The summed E-state index contributed by atoms with van der Waals surface area (Å²) in [7, 11) is 0. The van der Waals surface area contributed by atoms with Crippen LogP contribution in [0.2, 0.25) is 0 Å². The first-order chi connectivity index (χ1) is 14.7. The molecule has 0 aromatic carbocycles. The number of hydrogen-bond acceptors (Lipinski definition) is 6. The molecule has 3 heterocycles. The van der Waals surface area contributed by atoms with E-state index in [1.165, 1.54) is 17.2 Å². The fourth-order valence-corrected chi connectivity index (χ4v) is 2.93. The minimum absolute atomic E-state index is 0.0402. The van der Waals surface area contributed by atoms with Gasteiger partial charge in [-0.2, -0.15) is 23.4 Å². The van der Waals surface area contributed by atoms with Gasteiger partial charge in [-0.15, -0.1) is 4.80 Å². The summed E-state index contributed by atoms with van der Waals surface area (Å²) in [4.78, 5) is 24.2. The lowest BCUT2D eigenvalue weighted by atomic mass is 10.2. The van der Waals surface area contributed by atoms with Gasteiger partial charge < -0.3 is 9.64 Å². The summed E-state index contributed by atoms with van der Waals surface area (Å²) >= 11 is 0. The first-order valence-corrected chi connectivity index (χ1v) is 9.52. The Morgan fingerprint density at radius 1 is 1.19 bits per heavy atom. The Hall–Kier alpha value is -3.50. The third-order valence-electron chi connectivity index (χ3n) is 4.52. The summed E-state index contributed by atoms with van der Waals surface area (Å²) < 4.78 is 43.5.